The normalized spacial score (nSPS) is 14.5. The van der Waals surface area contributed by atoms with Crippen molar-refractivity contribution in [3.05, 3.63) is 28.5 Å². The molecule has 1 unspecified atom stereocenters. The van der Waals surface area contributed by atoms with Gasteiger partial charge in [0.2, 0.25) is 0 Å². The lowest BCUT2D eigenvalue weighted by molar-refractivity contribution is 0.562. The van der Waals surface area contributed by atoms with Crippen LogP contribution in [0.3, 0.4) is 0 Å². The zero-order valence-electron chi connectivity index (χ0n) is 8.90. The monoisotopic (exact) mass is 288 g/mol. The first-order valence-electron chi connectivity index (χ1n) is 4.47. The number of pyridine rings is 1. The number of rotatable bonds is 2. The van der Waals surface area contributed by atoms with Gasteiger partial charge in [0.25, 0.3) is 0 Å². The van der Waals surface area contributed by atoms with E-state index in [4.69, 9.17) is 0 Å². The summed E-state index contributed by atoms with van der Waals surface area (Å²) in [6.07, 6.45) is 3.22. The molecule has 1 aromatic rings. The molecule has 15 heavy (non-hydrogen) atoms. The van der Waals surface area contributed by atoms with E-state index in [9.17, 15) is 4.55 Å². The van der Waals surface area contributed by atoms with Gasteiger partial charge in [-0.2, -0.15) is 0 Å². The minimum Gasteiger partial charge on any atom is -0.591 e. The molecule has 0 aliphatic carbocycles. The van der Waals surface area contributed by atoms with Gasteiger partial charge >= 0.3 is 0 Å². The summed E-state index contributed by atoms with van der Waals surface area (Å²) >= 11 is 2.06. The summed E-state index contributed by atoms with van der Waals surface area (Å²) in [4.78, 5) is 4.10. The number of hydrogen-bond acceptors (Lipinski definition) is 3. The SMILES string of the molecule is CC(C)(C)[S+]([O-])N=Cc1ccc(Br)cn1. The first-order valence-corrected chi connectivity index (χ1v) is 6.37. The molecule has 0 aliphatic heterocycles. The largest absolute Gasteiger partial charge is 0.591 e. The van der Waals surface area contributed by atoms with Crippen LogP contribution in [-0.4, -0.2) is 20.5 Å². The lowest BCUT2D eigenvalue weighted by Crippen LogP contribution is -2.25. The summed E-state index contributed by atoms with van der Waals surface area (Å²) in [5.74, 6) is 0. The predicted molar refractivity (Wildman–Crippen MR) is 67.4 cm³/mol. The van der Waals surface area contributed by atoms with Crippen LogP contribution >= 0.6 is 15.9 Å². The van der Waals surface area contributed by atoms with Crippen molar-refractivity contribution < 1.29 is 4.55 Å². The molecule has 1 aromatic heterocycles. The van der Waals surface area contributed by atoms with E-state index in [1.54, 1.807) is 6.20 Å². The molecule has 82 valence electrons. The smallest absolute Gasteiger partial charge is 0.144 e. The summed E-state index contributed by atoms with van der Waals surface area (Å²) in [6.45, 7) is 5.65. The molecule has 0 bridgehead atoms. The second-order valence-electron chi connectivity index (χ2n) is 4.00. The zero-order chi connectivity index (χ0) is 11.5. The maximum absolute atomic E-state index is 11.6. The van der Waals surface area contributed by atoms with Crippen molar-refractivity contribution in [3.63, 3.8) is 0 Å². The number of hydrogen-bond donors (Lipinski definition) is 0. The molecule has 0 spiro atoms. The summed E-state index contributed by atoms with van der Waals surface area (Å²) in [7, 11) is 0. The van der Waals surface area contributed by atoms with Gasteiger partial charge in [0.05, 0.1) is 5.69 Å². The second-order valence-corrected chi connectivity index (χ2v) is 6.85. The van der Waals surface area contributed by atoms with Crippen LogP contribution in [0.2, 0.25) is 0 Å². The van der Waals surface area contributed by atoms with E-state index in [1.807, 2.05) is 32.9 Å². The molecule has 5 heteroatoms. The summed E-state index contributed by atoms with van der Waals surface area (Å²) in [5, 5.41) is 0. The van der Waals surface area contributed by atoms with E-state index < -0.39 is 11.4 Å². The van der Waals surface area contributed by atoms with Crippen LogP contribution in [-0.2, 0) is 11.4 Å². The van der Waals surface area contributed by atoms with Crippen LogP contribution in [0.25, 0.3) is 0 Å². The Morgan fingerprint density at radius 2 is 2.13 bits per heavy atom. The average Bonchev–Trinajstić information content (AvgIpc) is 2.15. The van der Waals surface area contributed by atoms with Crippen molar-refractivity contribution in [2.45, 2.75) is 25.5 Å². The average molecular weight is 289 g/mol. The Labute approximate surface area is 101 Å². The molecule has 1 rings (SSSR count). The highest BCUT2D eigenvalue weighted by molar-refractivity contribution is 9.10. The van der Waals surface area contributed by atoms with E-state index in [2.05, 4.69) is 25.3 Å². The third-order valence-electron chi connectivity index (χ3n) is 1.55. The fourth-order valence-electron chi connectivity index (χ4n) is 0.724. The van der Waals surface area contributed by atoms with Crippen LogP contribution < -0.4 is 0 Å². The van der Waals surface area contributed by atoms with Gasteiger partial charge in [-0.1, -0.05) is 4.40 Å². The van der Waals surface area contributed by atoms with E-state index in [0.29, 0.717) is 5.69 Å². The third-order valence-corrected chi connectivity index (χ3v) is 3.37. The summed E-state index contributed by atoms with van der Waals surface area (Å²) in [6, 6.07) is 3.68. The first-order chi connectivity index (χ1) is 6.89. The molecule has 0 saturated heterocycles. The lowest BCUT2D eigenvalue weighted by Gasteiger charge is -2.17. The Bertz CT molecular complexity index is 345. The molecular weight excluding hydrogens is 276 g/mol. The highest BCUT2D eigenvalue weighted by Crippen LogP contribution is 2.16. The van der Waals surface area contributed by atoms with E-state index in [0.717, 1.165) is 4.47 Å². The first kappa shape index (κ1) is 12.7. The van der Waals surface area contributed by atoms with E-state index in [-0.39, 0.29) is 4.75 Å². The van der Waals surface area contributed by atoms with Crippen LogP contribution in [0.15, 0.2) is 27.2 Å². The molecule has 0 amide bonds. The number of nitrogens with zero attached hydrogens (tertiary/aromatic N) is 2. The quantitative estimate of drug-likeness (QED) is 0.621. The van der Waals surface area contributed by atoms with Crippen molar-refractivity contribution in [2.24, 2.45) is 4.40 Å². The summed E-state index contributed by atoms with van der Waals surface area (Å²) < 4.78 is 16.1. The fourth-order valence-corrected chi connectivity index (χ4v) is 1.48. The Morgan fingerprint density at radius 3 is 2.60 bits per heavy atom. The highest BCUT2D eigenvalue weighted by atomic mass is 79.9. The topological polar surface area (TPSA) is 48.3 Å². The van der Waals surface area contributed by atoms with Crippen LogP contribution in [0.5, 0.6) is 0 Å². The fraction of sp³-hybridized carbons (Fsp3) is 0.400. The molecule has 3 nitrogen and oxygen atoms in total. The Kier molecular flexibility index (Phi) is 4.31. The van der Waals surface area contributed by atoms with Crippen LogP contribution in [0, 0.1) is 0 Å². The maximum atomic E-state index is 11.6. The van der Waals surface area contributed by atoms with Gasteiger partial charge in [0, 0.05) is 10.7 Å². The van der Waals surface area contributed by atoms with Gasteiger partial charge in [-0.3, -0.25) is 4.98 Å². The molecule has 1 heterocycles. The standard InChI is InChI=1S/C10H13BrN2OS/c1-10(2,3)15(14)13-7-9-5-4-8(11)6-12-9/h4-7H,1-3H3. The van der Waals surface area contributed by atoms with Gasteiger partial charge in [-0.05, 0) is 48.8 Å². The molecular formula is C10H13BrN2OS. The van der Waals surface area contributed by atoms with Gasteiger partial charge in [-0.15, -0.1) is 0 Å². The molecule has 0 N–H and O–H groups in total. The van der Waals surface area contributed by atoms with Gasteiger partial charge < -0.3 is 4.55 Å². The van der Waals surface area contributed by atoms with Crippen LogP contribution in [0.4, 0.5) is 0 Å². The Morgan fingerprint density at radius 1 is 1.47 bits per heavy atom. The Hall–Kier alpha value is -0.390. The molecule has 0 fully saturated rings. The number of halogens is 1. The van der Waals surface area contributed by atoms with Gasteiger partial charge in [0.15, 0.2) is 0 Å². The van der Waals surface area contributed by atoms with Crippen molar-refractivity contribution in [1.82, 2.24) is 4.98 Å². The highest BCUT2D eigenvalue weighted by Gasteiger charge is 2.25. The number of aromatic nitrogens is 1. The molecule has 1 atom stereocenters. The van der Waals surface area contributed by atoms with Crippen LogP contribution in [0.1, 0.15) is 26.5 Å². The maximum Gasteiger partial charge on any atom is 0.144 e. The molecule has 0 aliphatic rings. The Balaban J connectivity index is 2.70. The molecule has 0 saturated carbocycles. The lowest BCUT2D eigenvalue weighted by atomic mass is 10.3. The van der Waals surface area contributed by atoms with E-state index >= 15 is 0 Å². The minimum atomic E-state index is -1.23. The minimum absolute atomic E-state index is 0.328. The van der Waals surface area contributed by atoms with Crippen molar-refractivity contribution in [3.8, 4) is 0 Å². The van der Waals surface area contributed by atoms with Gasteiger partial charge in [-0.25, -0.2) is 0 Å². The third kappa shape index (κ3) is 4.32. The molecule has 0 radical (unpaired) electrons. The van der Waals surface area contributed by atoms with Crippen molar-refractivity contribution >= 4 is 33.5 Å². The second kappa shape index (κ2) is 5.09. The van der Waals surface area contributed by atoms with Crippen molar-refractivity contribution in [2.75, 3.05) is 0 Å². The summed E-state index contributed by atoms with van der Waals surface area (Å²) in [5.41, 5.74) is 0.704. The van der Waals surface area contributed by atoms with E-state index in [1.165, 1.54) is 6.21 Å². The molecule has 0 aromatic carbocycles. The predicted octanol–water partition coefficient (Wildman–Crippen LogP) is 2.73. The van der Waals surface area contributed by atoms with Crippen molar-refractivity contribution in [1.29, 1.82) is 0 Å². The zero-order valence-corrected chi connectivity index (χ0v) is 11.3. The van der Waals surface area contributed by atoms with Gasteiger partial charge in [0.1, 0.15) is 22.3 Å².